The summed E-state index contributed by atoms with van der Waals surface area (Å²) >= 11 is 13.6. The molecule has 0 unspecified atom stereocenters. The molecule has 4 aliphatic carbocycles. The average molecular weight is 408 g/mol. The van der Waals surface area contributed by atoms with E-state index < -0.39 is 0 Å². The smallest absolute Gasteiger partial charge is 0.259 e. The molecule has 0 saturated heterocycles. The standard InChI is InChI=1S/C19H19Cl2N3OS/c20-13-1-2-14(15(21)6-13)16(25)22-18-24-23-17(26-18)19-7-10-3-11(8-19)5-12(4-10)9-19/h1-2,6,10-12H,3-5,7-9H2,(H,22,24,25). The maximum Gasteiger partial charge on any atom is 0.259 e. The molecule has 1 aromatic carbocycles. The van der Waals surface area contributed by atoms with Crippen molar-refractivity contribution in [3.8, 4) is 0 Å². The molecule has 0 spiro atoms. The molecule has 0 atom stereocenters. The lowest BCUT2D eigenvalue weighted by molar-refractivity contribution is -0.00555. The van der Waals surface area contributed by atoms with Gasteiger partial charge in [0.25, 0.3) is 5.91 Å². The number of nitrogens with zero attached hydrogens (tertiary/aromatic N) is 2. The summed E-state index contributed by atoms with van der Waals surface area (Å²) in [5.41, 5.74) is 0.593. The first kappa shape index (κ1) is 17.0. The quantitative estimate of drug-likeness (QED) is 0.723. The summed E-state index contributed by atoms with van der Waals surface area (Å²) in [4.78, 5) is 12.5. The van der Waals surface area contributed by atoms with E-state index in [1.54, 1.807) is 18.2 Å². The summed E-state index contributed by atoms with van der Waals surface area (Å²) < 4.78 is 0. The Balaban J connectivity index is 1.37. The maximum absolute atomic E-state index is 12.5. The highest BCUT2D eigenvalue weighted by Crippen LogP contribution is 2.61. The lowest BCUT2D eigenvalue weighted by Gasteiger charge is -2.55. The SMILES string of the molecule is O=C(Nc1nnc(C23CC4CC(CC(C4)C2)C3)s1)c1ccc(Cl)cc1Cl. The third-order valence-corrected chi connectivity index (χ3v) is 7.95. The molecule has 2 aromatic rings. The summed E-state index contributed by atoms with van der Waals surface area (Å²) in [6.45, 7) is 0. The van der Waals surface area contributed by atoms with Gasteiger partial charge in [0.05, 0.1) is 10.6 Å². The largest absolute Gasteiger partial charge is 0.296 e. The minimum absolute atomic E-state index is 0.202. The number of rotatable bonds is 3. The fourth-order valence-corrected chi connectivity index (χ4v) is 7.15. The molecule has 1 amide bonds. The fraction of sp³-hybridized carbons (Fsp3) is 0.526. The van der Waals surface area contributed by atoms with Crippen molar-refractivity contribution in [1.29, 1.82) is 0 Å². The van der Waals surface area contributed by atoms with Crippen LogP contribution < -0.4 is 5.32 Å². The Kier molecular flexibility index (Phi) is 4.03. The van der Waals surface area contributed by atoms with Crippen molar-refractivity contribution in [1.82, 2.24) is 10.2 Å². The number of halogens is 2. The van der Waals surface area contributed by atoms with Gasteiger partial charge in [-0.25, -0.2) is 0 Å². The highest BCUT2D eigenvalue weighted by Gasteiger charge is 2.53. The average Bonchev–Trinajstić information content (AvgIpc) is 3.02. The van der Waals surface area contributed by atoms with Gasteiger partial charge in [0.1, 0.15) is 5.01 Å². The van der Waals surface area contributed by atoms with Gasteiger partial charge in [-0.3, -0.25) is 10.1 Å². The zero-order chi connectivity index (χ0) is 17.9. The molecule has 0 radical (unpaired) electrons. The summed E-state index contributed by atoms with van der Waals surface area (Å²) in [5, 5.41) is 14.1. The first-order chi connectivity index (χ1) is 12.5. The second-order valence-electron chi connectivity index (χ2n) is 8.19. The number of carbonyl (C=O) groups is 1. The third kappa shape index (κ3) is 2.85. The van der Waals surface area contributed by atoms with Crippen LogP contribution in [0.1, 0.15) is 53.9 Å². The van der Waals surface area contributed by atoms with E-state index in [0.29, 0.717) is 20.7 Å². The Labute approximate surface area is 166 Å². The number of amides is 1. The van der Waals surface area contributed by atoms with Gasteiger partial charge < -0.3 is 0 Å². The predicted octanol–water partition coefficient (Wildman–Crippen LogP) is 5.57. The molecule has 6 rings (SSSR count). The normalized spacial score (nSPS) is 32.0. The molecule has 4 nitrogen and oxygen atoms in total. The summed E-state index contributed by atoms with van der Waals surface area (Å²) in [5.74, 6) is 2.29. The molecule has 4 fully saturated rings. The minimum atomic E-state index is -0.278. The number of anilines is 1. The van der Waals surface area contributed by atoms with E-state index in [4.69, 9.17) is 23.2 Å². The number of nitrogens with one attached hydrogen (secondary N) is 1. The zero-order valence-electron chi connectivity index (χ0n) is 14.2. The third-order valence-electron chi connectivity index (χ3n) is 6.31. The number of carbonyl (C=O) groups excluding carboxylic acids is 1. The van der Waals surface area contributed by atoms with Crippen molar-refractivity contribution in [2.45, 2.75) is 43.9 Å². The van der Waals surface area contributed by atoms with Crippen LogP contribution in [-0.4, -0.2) is 16.1 Å². The first-order valence-corrected chi connectivity index (χ1v) is 10.7. The first-order valence-electron chi connectivity index (χ1n) is 9.11. The van der Waals surface area contributed by atoms with Gasteiger partial charge >= 0.3 is 0 Å². The second-order valence-corrected chi connectivity index (χ2v) is 10.0. The van der Waals surface area contributed by atoms with Crippen LogP contribution in [0.3, 0.4) is 0 Å². The van der Waals surface area contributed by atoms with Crippen molar-refractivity contribution in [2.24, 2.45) is 17.8 Å². The monoisotopic (exact) mass is 407 g/mol. The Morgan fingerprint density at radius 3 is 2.35 bits per heavy atom. The van der Waals surface area contributed by atoms with Crippen molar-refractivity contribution in [3.63, 3.8) is 0 Å². The maximum atomic E-state index is 12.5. The Morgan fingerprint density at radius 1 is 1.08 bits per heavy atom. The van der Waals surface area contributed by atoms with Crippen LogP contribution in [-0.2, 0) is 5.41 Å². The van der Waals surface area contributed by atoms with Crippen molar-refractivity contribution >= 4 is 45.6 Å². The van der Waals surface area contributed by atoms with Crippen LogP contribution in [0.25, 0.3) is 0 Å². The lowest BCUT2D eigenvalue weighted by atomic mass is 9.50. The predicted molar refractivity (Wildman–Crippen MR) is 104 cm³/mol. The molecular weight excluding hydrogens is 389 g/mol. The van der Waals surface area contributed by atoms with Gasteiger partial charge in [-0.05, 0) is 74.5 Å². The van der Waals surface area contributed by atoms with Gasteiger partial charge in [0, 0.05) is 10.4 Å². The van der Waals surface area contributed by atoms with E-state index in [0.717, 1.165) is 22.8 Å². The fourth-order valence-electron chi connectivity index (χ4n) is 5.70. The van der Waals surface area contributed by atoms with Gasteiger partial charge in [0.2, 0.25) is 5.13 Å². The number of aromatic nitrogens is 2. The van der Waals surface area contributed by atoms with Crippen LogP contribution in [0.5, 0.6) is 0 Å². The summed E-state index contributed by atoms with van der Waals surface area (Å²) in [6, 6.07) is 4.85. The van der Waals surface area contributed by atoms with Crippen LogP contribution >= 0.6 is 34.5 Å². The molecule has 4 saturated carbocycles. The Hall–Kier alpha value is -1.17. The van der Waals surface area contributed by atoms with Crippen molar-refractivity contribution < 1.29 is 4.79 Å². The van der Waals surface area contributed by atoms with Gasteiger partial charge in [-0.1, -0.05) is 34.5 Å². The molecular formula is C19H19Cl2N3OS. The van der Waals surface area contributed by atoms with E-state index in [9.17, 15) is 4.79 Å². The van der Waals surface area contributed by atoms with E-state index in [2.05, 4.69) is 15.5 Å². The molecule has 4 bridgehead atoms. The molecule has 1 heterocycles. The molecule has 7 heteroatoms. The van der Waals surface area contributed by atoms with Gasteiger partial charge in [-0.2, -0.15) is 0 Å². The Bertz CT molecular complexity index is 846. The minimum Gasteiger partial charge on any atom is -0.296 e. The van der Waals surface area contributed by atoms with E-state index in [-0.39, 0.29) is 11.3 Å². The lowest BCUT2D eigenvalue weighted by Crippen LogP contribution is -2.48. The van der Waals surface area contributed by atoms with Crippen LogP contribution in [0.15, 0.2) is 18.2 Å². The van der Waals surface area contributed by atoms with Crippen molar-refractivity contribution in [3.05, 3.63) is 38.8 Å². The van der Waals surface area contributed by atoms with Crippen LogP contribution in [0.4, 0.5) is 5.13 Å². The second kappa shape index (κ2) is 6.18. The molecule has 1 N–H and O–H groups in total. The molecule has 136 valence electrons. The molecule has 1 aromatic heterocycles. The summed E-state index contributed by atoms with van der Waals surface area (Å²) in [6.07, 6.45) is 7.92. The van der Waals surface area contributed by atoms with Gasteiger partial charge in [-0.15, -0.1) is 10.2 Å². The zero-order valence-corrected chi connectivity index (χ0v) is 16.5. The van der Waals surface area contributed by atoms with Crippen LogP contribution in [0, 0.1) is 17.8 Å². The Morgan fingerprint density at radius 2 is 1.73 bits per heavy atom. The molecule has 0 aliphatic heterocycles. The van der Waals surface area contributed by atoms with E-state index >= 15 is 0 Å². The van der Waals surface area contributed by atoms with Crippen LogP contribution in [0.2, 0.25) is 10.0 Å². The number of hydrogen-bond donors (Lipinski definition) is 1. The number of benzene rings is 1. The molecule has 26 heavy (non-hydrogen) atoms. The highest BCUT2D eigenvalue weighted by atomic mass is 35.5. The van der Waals surface area contributed by atoms with Gasteiger partial charge in [0.15, 0.2) is 0 Å². The van der Waals surface area contributed by atoms with Crippen molar-refractivity contribution in [2.75, 3.05) is 5.32 Å². The topological polar surface area (TPSA) is 54.9 Å². The number of hydrogen-bond acceptors (Lipinski definition) is 4. The summed E-state index contributed by atoms with van der Waals surface area (Å²) in [7, 11) is 0. The molecule has 4 aliphatic rings. The van der Waals surface area contributed by atoms with E-state index in [1.807, 2.05) is 0 Å². The van der Waals surface area contributed by atoms with E-state index in [1.165, 1.54) is 49.9 Å². The highest BCUT2D eigenvalue weighted by molar-refractivity contribution is 7.15.